The zero-order valence-corrected chi connectivity index (χ0v) is 15.4. The van der Waals surface area contributed by atoms with E-state index in [4.69, 9.17) is 0 Å². The van der Waals surface area contributed by atoms with Crippen molar-refractivity contribution in [2.75, 3.05) is 5.32 Å². The molecule has 0 aromatic heterocycles. The van der Waals surface area contributed by atoms with Gasteiger partial charge in [0.25, 0.3) is 0 Å². The number of hydrogen-bond donors (Lipinski definition) is 1. The first-order valence-corrected chi connectivity index (χ1v) is 8.39. The van der Waals surface area contributed by atoms with Crippen molar-refractivity contribution in [1.29, 1.82) is 10.5 Å². The Balaban J connectivity index is 2.49. The molecule has 7 heteroatoms. The van der Waals surface area contributed by atoms with E-state index >= 15 is 0 Å². The van der Waals surface area contributed by atoms with E-state index in [9.17, 15) is 28.5 Å². The lowest BCUT2D eigenvalue weighted by Crippen LogP contribution is -2.30. The number of benzene rings is 1. The van der Waals surface area contributed by atoms with Crippen LogP contribution in [0.3, 0.4) is 0 Å². The lowest BCUT2D eigenvalue weighted by Gasteiger charge is -2.32. The lowest BCUT2D eigenvalue weighted by molar-refractivity contribution is -0.167. The van der Waals surface area contributed by atoms with E-state index in [2.05, 4.69) is 6.58 Å². The van der Waals surface area contributed by atoms with Gasteiger partial charge in [0.05, 0.1) is 0 Å². The van der Waals surface area contributed by atoms with Gasteiger partial charge in [-0.25, -0.2) is 0 Å². The van der Waals surface area contributed by atoms with Crippen LogP contribution >= 0.6 is 0 Å². The number of halogens is 3. The number of carbonyl (C=O) groups is 1. The highest BCUT2D eigenvalue weighted by atomic mass is 19.4. The van der Waals surface area contributed by atoms with Crippen molar-refractivity contribution < 1.29 is 18.0 Å². The minimum Gasteiger partial charge on any atom is -0.318 e. The highest BCUT2D eigenvalue weighted by Crippen LogP contribution is 2.44. The second-order valence-electron chi connectivity index (χ2n) is 7.29. The predicted octanol–water partition coefficient (Wildman–Crippen LogP) is 5.29. The highest BCUT2D eigenvalue weighted by molar-refractivity contribution is 5.98. The van der Waals surface area contributed by atoms with Crippen LogP contribution < -0.4 is 5.32 Å². The molecular formula is C21H18F3N3O. The van der Waals surface area contributed by atoms with Gasteiger partial charge in [-0.1, -0.05) is 44.7 Å². The summed E-state index contributed by atoms with van der Waals surface area (Å²) < 4.78 is 37.9. The molecule has 28 heavy (non-hydrogen) atoms. The maximum absolute atomic E-state index is 12.6. The van der Waals surface area contributed by atoms with Crippen LogP contribution in [0.4, 0.5) is 18.9 Å². The Morgan fingerprint density at radius 1 is 1.18 bits per heavy atom. The number of nitrogens with one attached hydrogen (secondary N) is 1. The third kappa shape index (κ3) is 4.69. The molecule has 0 unspecified atom stereocenters. The SMILES string of the molecule is C=C(C1=CC(=C(C#N)C#N)CC(C)(C)C1)c1ccccc1NC(=O)C(F)(F)F. The average Bonchev–Trinajstić information content (AvgIpc) is 2.60. The van der Waals surface area contributed by atoms with E-state index in [1.807, 2.05) is 31.3 Å². The molecule has 0 saturated carbocycles. The normalized spacial score (nSPS) is 15.7. The number of alkyl halides is 3. The summed E-state index contributed by atoms with van der Waals surface area (Å²) in [5.74, 6) is -2.07. The Bertz CT molecular complexity index is 954. The molecule has 1 aromatic rings. The smallest absolute Gasteiger partial charge is 0.318 e. The van der Waals surface area contributed by atoms with Gasteiger partial charge in [0.1, 0.15) is 17.7 Å². The Labute approximate surface area is 161 Å². The quantitative estimate of drug-likeness (QED) is 0.718. The minimum atomic E-state index is -5.01. The van der Waals surface area contributed by atoms with Gasteiger partial charge in [-0.15, -0.1) is 0 Å². The molecule has 1 aliphatic rings. The first-order chi connectivity index (χ1) is 13.0. The fourth-order valence-electron chi connectivity index (χ4n) is 3.15. The Morgan fingerprint density at radius 3 is 2.36 bits per heavy atom. The van der Waals surface area contributed by atoms with Gasteiger partial charge in [0.2, 0.25) is 0 Å². The van der Waals surface area contributed by atoms with Gasteiger partial charge in [-0.2, -0.15) is 23.7 Å². The molecule has 144 valence electrons. The van der Waals surface area contributed by atoms with Crippen molar-refractivity contribution in [3.8, 4) is 12.1 Å². The summed E-state index contributed by atoms with van der Waals surface area (Å²) >= 11 is 0. The Morgan fingerprint density at radius 2 is 1.79 bits per heavy atom. The predicted molar refractivity (Wildman–Crippen MR) is 99.5 cm³/mol. The number of anilines is 1. The summed E-state index contributed by atoms with van der Waals surface area (Å²) in [6.45, 7) is 7.94. The van der Waals surface area contributed by atoms with E-state index < -0.39 is 12.1 Å². The number of hydrogen-bond acceptors (Lipinski definition) is 3. The molecule has 0 atom stereocenters. The third-order valence-corrected chi connectivity index (χ3v) is 4.38. The Hall–Kier alpha value is -3.32. The van der Waals surface area contributed by atoms with Gasteiger partial charge < -0.3 is 5.32 Å². The van der Waals surface area contributed by atoms with Gasteiger partial charge >= 0.3 is 12.1 Å². The number of rotatable bonds is 3. The first-order valence-electron chi connectivity index (χ1n) is 8.39. The molecular weight excluding hydrogens is 367 g/mol. The molecule has 1 N–H and O–H groups in total. The molecule has 0 radical (unpaired) electrons. The van der Waals surface area contributed by atoms with Crippen LogP contribution in [0, 0.1) is 28.1 Å². The van der Waals surface area contributed by atoms with Crippen molar-refractivity contribution in [1.82, 2.24) is 0 Å². The second-order valence-corrected chi connectivity index (χ2v) is 7.29. The lowest BCUT2D eigenvalue weighted by atomic mass is 9.72. The molecule has 0 heterocycles. The molecule has 1 aromatic carbocycles. The third-order valence-electron chi connectivity index (χ3n) is 4.38. The van der Waals surface area contributed by atoms with E-state index in [0.29, 0.717) is 35.1 Å². The molecule has 1 aliphatic carbocycles. The number of nitrogens with zero attached hydrogens (tertiary/aromatic N) is 2. The molecule has 0 spiro atoms. The van der Waals surface area contributed by atoms with Gasteiger partial charge in [0.15, 0.2) is 0 Å². The topological polar surface area (TPSA) is 76.7 Å². The van der Waals surface area contributed by atoms with Crippen LogP contribution in [-0.4, -0.2) is 12.1 Å². The largest absolute Gasteiger partial charge is 0.471 e. The first kappa shape index (κ1) is 21.0. The van der Waals surface area contributed by atoms with Gasteiger partial charge in [-0.05, 0) is 41.0 Å². The molecule has 2 rings (SSSR count). The number of amides is 1. The number of allylic oxidation sites excluding steroid dienone is 5. The molecule has 0 bridgehead atoms. The summed E-state index contributed by atoms with van der Waals surface area (Å²) in [6.07, 6.45) is -2.24. The van der Waals surface area contributed by atoms with Gasteiger partial charge in [0, 0.05) is 11.3 Å². The van der Waals surface area contributed by atoms with Crippen molar-refractivity contribution in [2.24, 2.45) is 5.41 Å². The Kier molecular flexibility index (Phi) is 5.80. The monoisotopic (exact) mass is 385 g/mol. The van der Waals surface area contributed by atoms with Crippen LogP contribution in [0.2, 0.25) is 0 Å². The maximum Gasteiger partial charge on any atom is 0.471 e. The van der Waals surface area contributed by atoms with Crippen LogP contribution in [0.1, 0.15) is 32.3 Å². The fraction of sp³-hybridized carbons (Fsp3) is 0.286. The summed E-state index contributed by atoms with van der Waals surface area (Å²) in [5, 5.41) is 20.2. The van der Waals surface area contributed by atoms with Crippen LogP contribution in [0.5, 0.6) is 0 Å². The van der Waals surface area contributed by atoms with E-state index in [-0.39, 0.29) is 16.7 Å². The number of para-hydroxylation sites is 1. The molecule has 4 nitrogen and oxygen atoms in total. The molecule has 0 fully saturated rings. The zero-order valence-electron chi connectivity index (χ0n) is 15.4. The van der Waals surface area contributed by atoms with Crippen LogP contribution in [0.25, 0.3) is 5.57 Å². The fourth-order valence-corrected chi connectivity index (χ4v) is 3.15. The van der Waals surface area contributed by atoms with E-state index in [1.54, 1.807) is 18.2 Å². The summed E-state index contributed by atoms with van der Waals surface area (Å²) in [6, 6.07) is 9.82. The molecule has 0 saturated heterocycles. The van der Waals surface area contributed by atoms with Crippen LogP contribution in [0.15, 0.2) is 53.6 Å². The van der Waals surface area contributed by atoms with E-state index in [0.717, 1.165) is 0 Å². The number of carbonyl (C=O) groups excluding carboxylic acids is 1. The van der Waals surface area contributed by atoms with E-state index in [1.165, 1.54) is 12.1 Å². The minimum absolute atomic E-state index is 0.00302. The summed E-state index contributed by atoms with van der Waals surface area (Å²) in [5.41, 5.74) is 1.75. The van der Waals surface area contributed by atoms with Crippen molar-refractivity contribution in [3.05, 3.63) is 59.2 Å². The van der Waals surface area contributed by atoms with Crippen molar-refractivity contribution >= 4 is 17.2 Å². The summed E-state index contributed by atoms with van der Waals surface area (Å²) in [4.78, 5) is 11.3. The maximum atomic E-state index is 12.6. The molecule has 0 aliphatic heterocycles. The van der Waals surface area contributed by atoms with Gasteiger partial charge in [-0.3, -0.25) is 4.79 Å². The highest BCUT2D eigenvalue weighted by Gasteiger charge is 2.39. The number of nitriles is 2. The van der Waals surface area contributed by atoms with Crippen molar-refractivity contribution in [2.45, 2.75) is 32.9 Å². The second kappa shape index (κ2) is 7.74. The van der Waals surface area contributed by atoms with Crippen molar-refractivity contribution in [3.63, 3.8) is 0 Å². The van der Waals surface area contributed by atoms with Crippen LogP contribution in [-0.2, 0) is 4.79 Å². The molecule has 1 amide bonds. The zero-order chi connectivity index (χ0) is 21.1. The average molecular weight is 385 g/mol. The standard InChI is InChI=1S/C21H18F3N3O/c1-13(14-8-15(16(11-25)12-26)10-20(2,3)9-14)17-6-4-5-7-18(17)27-19(28)21(22,23)24/h4-8H,1,9-10H2,2-3H3,(H,27,28). The summed E-state index contributed by atoms with van der Waals surface area (Å²) in [7, 11) is 0.